The quantitative estimate of drug-likeness (QED) is 0.618. The van der Waals surface area contributed by atoms with E-state index < -0.39 is 0 Å². The van der Waals surface area contributed by atoms with Crippen molar-refractivity contribution in [2.75, 3.05) is 39.3 Å². The van der Waals surface area contributed by atoms with Crippen molar-refractivity contribution in [2.45, 2.75) is 12.8 Å². The maximum Gasteiger partial charge on any atom is 0.149 e. The first-order chi connectivity index (χ1) is 14.7. The maximum absolute atomic E-state index is 9.80. The van der Waals surface area contributed by atoms with E-state index in [0.717, 1.165) is 46.9 Å². The normalized spacial score (nSPS) is 14.1. The molecule has 0 atom stereocenters. The van der Waals surface area contributed by atoms with Crippen LogP contribution in [0.25, 0.3) is 22.7 Å². The van der Waals surface area contributed by atoms with E-state index in [4.69, 9.17) is 14.2 Å². The summed E-state index contributed by atoms with van der Waals surface area (Å²) in [6.45, 7) is 2.00. The van der Waals surface area contributed by atoms with E-state index in [9.17, 15) is 5.26 Å². The number of ether oxygens (including phenoxy) is 3. The summed E-state index contributed by atoms with van der Waals surface area (Å²) < 4.78 is 16.5. The number of imidazole rings is 1. The fourth-order valence-corrected chi connectivity index (χ4v) is 3.78. The summed E-state index contributed by atoms with van der Waals surface area (Å²) in [5.74, 6) is 2.66. The van der Waals surface area contributed by atoms with Gasteiger partial charge < -0.3 is 24.1 Å². The van der Waals surface area contributed by atoms with E-state index in [1.807, 2.05) is 30.3 Å². The molecule has 30 heavy (non-hydrogen) atoms. The number of fused-ring (bicyclic) bond motifs is 1. The number of H-pyrrole nitrogens is 1. The molecule has 2 heterocycles. The zero-order valence-electron chi connectivity index (χ0n) is 17.4. The number of aromatic nitrogens is 2. The number of anilines is 1. The zero-order chi connectivity index (χ0) is 21.1. The van der Waals surface area contributed by atoms with Crippen molar-refractivity contribution in [3.63, 3.8) is 0 Å². The number of nitrogens with one attached hydrogen (secondary N) is 1. The molecule has 0 radical (unpaired) electrons. The molecule has 7 heteroatoms. The third-order valence-electron chi connectivity index (χ3n) is 5.34. The first-order valence-corrected chi connectivity index (χ1v) is 9.83. The third-order valence-corrected chi connectivity index (χ3v) is 5.34. The van der Waals surface area contributed by atoms with Gasteiger partial charge in [0.05, 0.1) is 43.6 Å². The molecule has 0 spiro atoms. The lowest BCUT2D eigenvalue weighted by molar-refractivity contribution is 0.402. The Bertz CT molecular complexity index is 1140. The highest BCUT2D eigenvalue weighted by molar-refractivity contribution is 5.92. The number of nitriles is 1. The number of aromatic amines is 1. The molecule has 0 aliphatic carbocycles. The Morgan fingerprint density at radius 2 is 1.83 bits per heavy atom. The molecule has 3 aromatic rings. The van der Waals surface area contributed by atoms with Crippen LogP contribution in [0.3, 0.4) is 0 Å². The maximum atomic E-state index is 9.80. The fraction of sp³-hybridized carbons (Fsp3) is 0.304. The van der Waals surface area contributed by atoms with Crippen LogP contribution < -0.4 is 19.1 Å². The largest absolute Gasteiger partial charge is 0.497 e. The van der Waals surface area contributed by atoms with Crippen molar-refractivity contribution < 1.29 is 14.2 Å². The zero-order valence-corrected chi connectivity index (χ0v) is 17.4. The van der Waals surface area contributed by atoms with Crippen LogP contribution in [0.4, 0.5) is 5.69 Å². The van der Waals surface area contributed by atoms with Gasteiger partial charge in [0.25, 0.3) is 0 Å². The van der Waals surface area contributed by atoms with Crippen LogP contribution >= 0.6 is 0 Å². The predicted molar refractivity (Wildman–Crippen MR) is 117 cm³/mol. The SMILES string of the molecule is COc1ccc2nc(/C(C#N)=C\c3cc(OC)c(N4CCCC4)cc3OC)[nH]c2c1. The highest BCUT2D eigenvalue weighted by Crippen LogP contribution is 2.38. The molecular formula is C23H24N4O3. The minimum atomic E-state index is 0.402. The van der Waals surface area contributed by atoms with Gasteiger partial charge in [-0.15, -0.1) is 0 Å². The minimum Gasteiger partial charge on any atom is -0.497 e. The van der Waals surface area contributed by atoms with Crippen molar-refractivity contribution in [1.82, 2.24) is 9.97 Å². The molecule has 0 amide bonds. The molecule has 0 bridgehead atoms. The smallest absolute Gasteiger partial charge is 0.149 e. The summed E-state index contributed by atoms with van der Waals surface area (Å²) in [6.07, 6.45) is 4.11. The average Bonchev–Trinajstić information content (AvgIpc) is 3.46. The van der Waals surface area contributed by atoms with Gasteiger partial charge in [0.15, 0.2) is 0 Å². The molecule has 1 aromatic heterocycles. The third kappa shape index (κ3) is 3.64. The number of benzene rings is 2. The number of hydrogen-bond donors (Lipinski definition) is 1. The van der Waals surface area contributed by atoms with Crippen LogP contribution in [0.1, 0.15) is 24.2 Å². The second-order valence-corrected chi connectivity index (χ2v) is 7.10. The number of hydrogen-bond acceptors (Lipinski definition) is 6. The molecule has 7 nitrogen and oxygen atoms in total. The molecule has 0 saturated carbocycles. The Morgan fingerprint density at radius 1 is 1.07 bits per heavy atom. The summed E-state index contributed by atoms with van der Waals surface area (Å²) in [7, 11) is 4.91. The van der Waals surface area contributed by atoms with Crippen LogP contribution in [0.2, 0.25) is 0 Å². The van der Waals surface area contributed by atoms with Crippen molar-refractivity contribution >= 4 is 28.4 Å². The van der Waals surface area contributed by atoms with Gasteiger partial charge in [0, 0.05) is 30.8 Å². The first-order valence-electron chi connectivity index (χ1n) is 9.83. The van der Waals surface area contributed by atoms with Gasteiger partial charge in [-0.05, 0) is 37.1 Å². The molecule has 1 fully saturated rings. The standard InChI is InChI=1S/C23H24N4O3/c1-28-17-6-7-18-19(12-17)26-23(25-18)16(14-24)10-15-11-22(30-3)20(13-21(15)29-2)27-8-4-5-9-27/h6-7,10-13H,4-5,8-9H2,1-3H3,(H,25,26)/b16-10-. The molecule has 2 aromatic carbocycles. The molecule has 154 valence electrons. The van der Waals surface area contributed by atoms with Crippen LogP contribution in [0, 0.1) is 11.3 Å². The molecule has 4 rings (SSSR count). The van der Waals surface area contributed by atoms with Gasteiger partial charge in [-0.3, -0.25) is 0 Å². The summed E-state index contributed by atoms with van der Waals surface area (Å²) in [6, 6.07) is 11.7. The molecule has 1 aliphatic rings. The Balaban J connectivity index is 1.77. The number of methoxy groups -OCH3 is 3. The first kappa shape index (κ1) is 19.6. The van der Waals surface area contributed by atoms with Gasteiger partial charge in [-0.25, -0.2) is 4.98 Å². The average molecular weight is 404 g/mol. The fourth-order valence-electron chi connectivity index (χ4n) is 3.78. The summed E-state index contributed by atoms with van der Waals surface area (Å²) in [5, 5.41) is 9.80. The lowest BCUT2D eigenvalue weighted by Crippen LogP contribution is -2.18. The van der Waals surface area contributed by atoms with E-state index in [0.29, 0.717) is 17.1 Å². The molecular weight excluding hydrogens is 380 g/mol. The monoisotopic (exact) mass is 404 g/mol. The van der Waals surface area contributed by atoms with Crippen LogP contribution in [0.15, 0.2) is 30.3 Å². The highest BCUT2D eigenvalue weighted by atomic mass is 16.5. The highest BCUT2D eigenvalue weighted by Gasteiger charge is 2.20. The van der Waals surface area contributed by atoms with Gasteiger partial charge in [-0.2, -0.15) is 5.26 Å². The molecule has 1 saturated heterocycles. The number of allylic oxidation sites excluding steroid dienone is 1. The van der Waals surface area contributed by atoms with Gasteiger partial charge in [0.2, 0.25) is 0 Å². The molecule has 1 aliphatic heterocycles. The van der Waals surface area contributed by atoms with E-state index in [1.54, 1.807) is 27.4 Å². The molecule has 1 N–H and O–H groups in total. The van der Waals surface area contributed by atoms with Crippen molar-refractivity contribution in [3.05, 3.63) is 41.7 Å². The second kappa shape index (κ2) is 8.37. The van der Waals surface area contributed by atoms with E-state index in [1.165, 1.54) is 12.8 Å². The van der Waals surface area contributed by atoms with Crippen LogP contribution in [0.5, 0.6) is 17.2 Å². The van der Waals surface area contributed by atoms with E-state index in [-0.39, 0.29) is 0 Å². The predicted octanol–water partition coefficient (Wildman–Crippen LogP) is 4.25. The number of nitrogens with zero attached hydrogens (tertiary/aromatic N) is 3. The van der Waals surface area contributed by atoms with Crippen LogP contribution in [-0.2, 0) is 0 Å². The Hall–Kier alpha value is -3.66. The van der Waals surface area contributed by atoms with Crippen molar-refractivity contribution in [2.24, 2.45) is 0 Å². The van der Waals surface area contributed by atoms with Gasteiger partial charge in [0.1, 0.15) is 29.1 Å². The van der Waals surface area contributed by atoms with Gasteiger partial charge in [-0.1, -0.05) is 0 Å². The summed E-state index contributed by atoms with van der Waals surface area (Å²) >= 11 is 0. The van der Waals surface area contributed by atoms with Crippen LogP contribution in [-0.4, -0.2) is 44.4 Å². The van der Waals surface area contributed by atoms with Gasteiger partial charge >= 0.3 is 0 Å². The topological polar surface area (TPSA) is 83.4 Å². The molecule has 0 unspecified atom stereocenters. The van der Waals surface area contributed by atoms with E-state index >= 15 is 0 Å². The second-order valence-electron chi connectivity index (χ2n) is 7.10. The Labute approximate surface area is 175 Å². The Kier molecular flexibility index (Phi) is 5.48. The summed E-state index contributed by atoms with van der Waals surface area (Å²) in [4.78, 5) is 10.1. The minimum absolute atomic E-state index is 0.402. The lowest BCUT2D eigenvalue weighted by Gasteiger charge is -2.22. The Morgan fingerprint density at radius 3 is 2.50 bits per heavy atom. The lowest BCUT2D eigenvalue weighted by atomic mass is 10.1. The van der Waals surface area contributed by atoms with Crippen molar-refractivity contribution in [1.29, 1.82) is 5.26 Å². The van der Waals surface area contributed by atoms with Crippen molar-refractivity contribution in [3.8, 4) is 23.3 Å². The summed E-state index contributed by atoms with van der Waals surface area (Å²) in [5.41, 5.74) is 3.74. The van der Waals surface area contributed by atoms with E-state index in [2.05, 4.69) is 20.9 Å². The number of rotatable bonds is 6.